The molecule has 5 heteroatoms. The number of esters is 1. The van der Waals surface area contributed by atoms with Crippen molar-refractivity contribution in [1.82, 2.24) is 0 Å². The number of carbonyl (C=O) groups is 2. The number of nitrogens with two attached hydrogens (primary N) is 1. The molecule has 0 aliphatic heterocycles. The standard InChI is InChI=1S/C16H23NO4/c1-15(2,3)21-14(19)20-13(18)10-11-16(4,17)12-8-6-5-7-9-12/h5-9H,10-11,17H2,1-4H3/t16-/m0/s1. The van der Waals surface area contributed by atoms with Crippen LogP contribution in [0.5, 0.6) is 0 Å². The van der Waals surface area contributed by atoms with Crippen molar-refractivity contribution in [1.29, 1.82) is 0 Å². The average molecular weight is 293 g/mol. The predicted molar refractivity (Wildman–Crippen MR) is 79.5 cm³/mol. The molecule has 0 saturated heterocycles. The van der Waals surface area contributed by atoms with Gasteiger partial charge in [-0.2, -0.15) is 0 Å². The fourth-order valence-electron chi connectivity index (χ4n) is 1.74. The monoisotopic (exact) mass is 293 g/mol. The summed E-state index contributed by atoms with van der Waals surface area (Å²) in [5, 5.41) is 0. The molecule has 1 atom stereocenters. The topological polar surface area (TPSA) is 78.6 Å². The number of hydrogen-bond acceptors (Lipinski definition) is 5. The maximum absolute atomic E-state index is 11.6. The second kappa shape index (κ2) is 6.72. The zero-order valence-electron chi connectivity index (χ0n) is 13.0. The third kappa shape index (κ3) is 6.40. The lowest BCUT2D eigenvalue weighted by atomic mass is 9.88. The maximum atomic E-state index is 11.6. The summed E-state index contributed by atoms with van der Waals surface area (Å²) in [5.41, 5.74) is 5.77. The summed E-state index contributed by atoms with van der Waals surface area (Å²) < 4.78 is 9.51. The van der Waals surface area contributed by atoms with E-state index < -0.39 is 23.3 Å². The minimum Gasteiger partial charge on any atom is -0.428 e. The summed E-state index contributed by atoms with van der Waals surface area (Å²) >= 11 is 0. The number of rotatable bonds is 4. The first-order valence-corrected chi connectivity index (χ1v) is 6.88. The molecule has 0 aliphatic carbocycles. The highest BCUT2D eigenvalue weighted by atomic mass is 16.7. The molecule has 116 valence electrons. The fourth-order valence-corrected chi connectivity index (χ4v) is 1.74. The number of carbonyl (C=O) groups excluding carboxylic acids is 2. The SMILES string of the molecule is CC(C)(C)OC(=O)OC(=O)CC[C@](C)(N)c1ccccc1. The summed E-state index contributed by atoms with van der Waals surface area (Å²) in [5.74, 6) is -0.642. The van der Waals surface area contributed by atoms with Gasteiger partial charge in [0.25, 0.3) is 0 Å². The molecule has 1 aromatic carbocycles. The van der Waals surface area contributed by atoms with Crippen LogP contribution in [0.1, 0.15) is 46.1 Å². The zero-order chi connectivity index (χ0) is 16.1. The Kier molecular flexibility index (Phi) is 5.49. The maximum Gasteiger partial charge on any atom is 0.516 e. The highest BCUT2D eigenvalue weighted by Crippen LogP contribution is 2.23. The smallest absolute Gasteiger partial charge is 0.428 e. The Balaban J connectivity index is 2.48. The highest BCUT2D eigenvalue weighted by molar-refractivity contribution is 5.81. The van der Waals surface area contributed by atoms with Gasteiger partial charge in [0.15, 0.2) is 0 Å². The summed E-state index contributed by atoms with van der Waals surface area (Å²) in [6, 6.07) is 9.48. The average Bonchev–Trinajstić information content (AvgIpc) is 2.35. The lowest BCUT2D eigenvalue weighted by Gasteiger charge is -2.24. The fraction of sp³-hybridized carbons (Fsp3) is 0.500. The molecule has 0 fully saturated rings. The van der Waals surface area contributed by atoms with Gasteiger partial charge in [0.05, 0.1) is 0 Å². The summed E-state index contributed by atoms with van der Waals surface area (Å²) in [6.45, 7) is 6.93. The summed E-state index contributed by atoms with van der Waals surface area (Å²) in [6.07, 6.45) is -0.564. The lowest BCUT2D eigenvalue weighted by Crippen LogP contribution is -2.34. The molecule has 21 heavy (non-hydrogen) atoms. The Morgan fingerprint density at radius 3 is 2.19 bits per heavy atom. The molecular formula is C16H23NO4. The first kappa shape index (κ1) is 17.2. The highest BCUT2D eigenvalue weighted by Gasteiger charge is 2.25. The van der Waals surface area contributed by atoms with Crippen molar-refractivity contribution in [3.05, 3.63) is 35.9 Å². The Labute approximate surface area is 125 Å². The van der Waals surface area contributed by atoms with Crippen molar-refractivity contribution < 1.29 is 19.1 Å². The number of hydrogen-bond donors (Lipinski definition) is 1. The van der Waals surface area contributed by atoms with Crippen LogP contribution in [0.3, 0.4) is 0 Å². The minimum atomic E-state index is -0.981. The van der Waals surface area contributed by atoms with E-state index in [9.17, 15) is 9.59 Å². The molecule has 0 aliphatic rings. The largest absolute Gasteiger partial charge is 0.516 e. The predicted octanol–water partition coefficient (Wildman–Crippen LogP) is 3.12. The van der Waals surface area contributed by atoms with Gasteiger partial charge in [0.2, 0.25) is 0 Å². The second-order valence-corrected chi connectivity index (χ2v) is 6.22. The van der Waals surface area contributed by atoms with Crippen LogP contribution in [0, 0.1) is 0 Å². The number of ether oxygens (including phenoxy) is 2. The van der Waals surface area contributed by atoms with Crippen LogP contribution in [0.2, 0.25) is 0 Å². The third-order valence-electron chi connectivity index (χ3n) is 2.87. The molecule has 0 bridgehead atoms. The molecule has 1 rings (SSSR count). The molecule has 0 spiro atoms. The van der Waals surface area contributed by atoms with Gasteiger partial charge in [-0.25, -0.2) is 4.79 Å². The molecule has 0 heterocycles. The first-order valence-electron chi connectivity index (χ1n) is 6.88. The van der Waals surface area contributed by atoms with E-state index in [4.69, 9.17) is 10.5 Å². The van der Waals surface area contributed by atoms with Crippen LogP contribution in [0.25, 0.3) is 0 Å². The summed E-state index contributed by atoms with van der Waals surface area (Å²) in [4.78, 5) is 23.0. The van der Waals surface area contributed by atoms with Crippen molar-refractivity contribution in [3.8, 4) is 0 Å². The van der Waals surface area contributed by atoms with Crippen LogP contribution in [0.4, 0.5) is 4.79 Å². The van der Waals surface area contributed by atoms with E-state index in [1.54, 1.807) is 20.8 Å². The first-order chi connectivity index (χ1) is 9.60. The number of benzene rings is 1. The van der Waals surface area contributed by atoms with Gasteiger partial charge in [-0.3, -0.25) is 4.79 Å². The van der Waals surface area contributed by atoms with Crippen molar-refractivity contribution in [3.63, 3.8) is 0 Å². The quantitative estimate of drug-likeness (QED) is 0.681. The van der Waals surface area contributed by atoms with Gasteiger partial charge in [0.1, 0.15) is 5.60 Å². The molecule has 2 N–H and O–H groups in total. The van der Waals surface area contributed by atoms with Crippen LogP contribution in [-0.4, -0.2) is 17.7 Å². The van der Waals surface area contributed by atoms with E-state index in [-0.39, 0.29) is 6.42 Å². The molecular weight excluding hydrogens is 270 g/mol. The van der Waals surface area contributed by atoms with E-state index in [2.05, 4.69) is 4.74 Å². The zero-order valence-corrected chi connectivity index (χ0v) is 13.0. The van der Waals surface area contributed by atoms with Gasteiger partial charge < -0.3 is 15.2 Å². The van der Waals surface area contributed by atoms with Gasteiger partial charge in [-0.1, -0.05) is 30.3 Å². The van der Waals surface area contributed by atoms with Crippen LogP contribution < -0.4 is 5.73 Å². The molecule has 0 aromatic heterocycles. The Hall–Kier alpha value is -1.88. The van der Waals surface area contributed by atoms with E-state index in [1.165, 1.54) is 0 Å². The van der Waals surface area contributed by atoms with Crippen molar-refractivity contribution in [2.45, 2.75) is 51.7 Å². The van der Waals surface area contributed by atoms with Crippen molar-refractivity contribution >= 4 is 12.1 Å². The van der Waals surface area contributed by atoms with E-state index in [0.717, 1.165) is 5.56 Å². The van der Waals surface area contributed by atoms with E-state index in [0.29, 0.717) is 6.42 Å². The van der Waals surface area contributed by atoms with Gasteiger partial charge in [-0.05, 0) is 39.7 Å². The van der Waals surface area contributed by atoms with Crippen molar-refractivity contribution in [2.24, 2.45) is 5.73 Å². The van der Waals surface area contributed by atoms with Crippen LogP contribution in [-0.2, 0) is 19.8 Å². The van der Waals surface area contributed by atoms with Gasteiger partial charge in [0, 0.05) is 12.0 Å². The van der Waals surface area contributed by atoms with Crippen LogP contribution in [0.15, 0.2) is 30.3 Å². The summed E-state index contributed by atoms with van der Waals surface area (Å²) in [7, 11) is 0. The lowest BCUT2D eigenvalue weighted by molar-refractivity contribution is -0.141. The molecule has 0 radical (unpaired) electrons. The van der Waals surface area contributed by atoms with E-state index in [1.807, 2.05) is 37.3 Å². The normalized spacial score (nSPS) is 14.1. The molecule has 5 nitrogen and oxygen atoms in total. The molecule has 0 unspecified atom stereocenters. The van der Waals surface area contributed by atoms with Gasteiger partial charge in [-0.15, -0.1) is 0 Å². The van der Waals surface area contributed by atoms with Crippen molar-refractivity contribution in [2.75, 3.05) is 0 Å². The van der Waals surface area contributed by atoms with E-state index >= 15 is 0 Å². The Bertz CT molecular complexity index is 489. The molecule has 0 amide bonds. The third-order valence-corrected chi connectivity index (χ3v) is 2.87. The minimum absolute atomic E-state index is 0.0428. The Morgan fingerprint density at radius 1 is 1.10 bits per heavy atom. The second-order valence-electron chi connectivity index (χ2n) is 6.22. The van der Waals surface area contributed by atoms with Crippen LogP contribution >= 0.6 is 0 Å². The Morgan fingerprint density at radius 2 is 1.67 bits per heavy atom. The van der Waals surface area contributed by atoms with Gasteiger partial charge >= 0.3 is 12.1 Å². The molecule has 1 aromatic rings. The molecule has 0 saturated carbocycles.